The lowest BCUT2D eigenvalue weighted by Crippen LogP contribution is -2.17. The van der Waals surface area contributed by atoms with Crippen molar-refractivity contribution in [1.29, 1.82) is 0 Å². The zero-order valence-corrected chi connectivity index (χ0v) is 13.0. The molecule has 0 N–H and O–H groups in total. The highest BCUT2D eigenvalue weighted by atomic mass is 35.5. The normalized spacial score (nSPS) is 11.6. The number of benzene rings is 2. The summed E-state index contributed by atoms with van der Waals surface area (Å²) in [6.45, 7) is 0. The predicted molar refractivity (Wildman–Crippen MR) is 78.6 cm³/mol. The van der Waals surface area contributed by atoms with Gasteiger partial charge in [0, 0.05) is 5.56 Å². The van der Waals surface area contributed by atoms with Crippen molar-refractivity contribution in [1.82, 2.24) is 0 Å². The highest BCUT2D eigenvalue weighted by Crippen LogP contribution is 2.38. The molecule has 0 spiro atoms. The van der Waals surface area contributed by atoms with Gasteiger partial charge in [0.25, 0.3) is 0 Å². The van der Waals surface area contributed by atoms with Gasteiger partial charge in [-0.1, -0.05) is 46.4 Å². The molecule has 0 saturated heterocycles. The summed E-state index contributed by atoms with van der Waals surface area (Å²) in [6.07, 6.45) is -4.78. The molecule has 8 heteroatoms. The second-order valence-corrected chi connectivity index (χ2v) is 5.54. The smallest absolute Gasteiger partial charge is 0.406 e. The van der Waals surface area contributed by atoms with Crippen LogP contribution >= 0.6 is 46.4 Å². The molecule has 0 saturated carbocycles. The minimum Gasteiger partial charge on any atom is -0.406 e. The molecule has 0 heterocycles. The molecule has 2 aromatic rings. The number of alkyl halides is 3. The Kier molecular flexibility index (Phi) is 4.83. The van der Waals surface area contributed by atoms with Crippen LogP contribution in [0.1, 0.15) is 0 Å². The number of ether oxygens (including phenoxy) is 1. The molecule has 0 aliphatic carbocycles. The van der Waals surface area contributed by atoms with Crippen LogP contribution in [0.25, 0.3) is 11.1 Å². The van der Waals surface area contributed by atoms with Crippen LogP contribution in [0.4, 0.5) is 13.2 Å². The van der Waals surface area contributed by atoms with Crippen molar-refractivity contribution in [2.75, 3.05) is 0 Å². The second-order valence-electron chi connectivity index (χ2n) is 3.94. The van der Waals surface area contributed by atoms with E-state index in [0.717, 1.165) is 12.1 Å². The molecule has 2 rings (SSSR count). The maximum Gasteiger partial charge on any atom is 0.573 e. The van der Waals surface area contributed by atoms with E-state index in [0.29, 0.717) is 11.1 Å². The van der Waals surface area contributed by atoms with E-state index < -0.39 is 12.1 Å². The van der Waals surface area contributed by atoms with Crippen molar-refractivity contribution < 1.29 is 17.9 Å². The van der Waals surface area contributed by atoms with Gasteiger partial charge in [0.2, 0.25) is 0 Å². The summed E-state index contributed by atoms with van der Waals surface area (Å²) in [5, 5.41) is 0.679. The van der Waals surface area contributed by atoms with Gasteiger partial charge >= 0.3 is 6.36 Å². The molecule has 0 atom stereocenters. The van der Waals surface area contributed by atoms with Crippen molar-refractivity contribution in [2.45, 2.75) is 6.36 Å². The van der Waals surface area contributed by atoms with Crippen LogP contribution in [-0.2, 0) is 0 Å². The quantitative estimate of drug-likeness (QED) is 0.520. The summed E-state index contributed by atoms with van der Waals surface area (Å²) in [7, 11) is 0. The van der Waals surface area contributed by atoms with E-state index in [1.165, 1.54) is 18.2 Å². The van der Waals surface area contributed by atoms with E-state index in [4.69, 9.17) is 46.4 Å². The molecule has 112 valence electrons. The summed E-state index contributed by atoms with van der Waals surface area (Å²) in [5.41, 5.74) is 0.976. The average molecular weight is 376 g/mol. The number of hydrogen-bond donors (Lipinski definition) is 0. The summed E-state index contributed by atoms with van der Waals surface area (Å²) in [6, 6.07) is 6.60. The molecule has 0 amide bonds. The van der Waals surface area contributed by atoms with E-state index in [1.807, 2.05) is 0 Å². The largest absolute Gasteiger partial charge is 0.573 e. The van der Waals surface area contributed by atoms with E-state index in [9.17, 15) is 13.2 Å². The highest BCUT2D eigenvalue weighted by Gasteiger charge is 2.31. The zero-order valence-electron chi connectivity index (χ0n) is 9.94. The van der Waals surface area contributed by atoms with Crippen LogP contribution in [-0.4, -0.2) is 6.36 Å². The minimum atomic E-state index is -4.78. The maximum atomic E-state index is 12.1. The Balaban J connectivity index is 2.42. The SMILES string of the molecule is FC(F)(F)Oc1ccc(-c2cc(Cl)c(Cl)c(Cl)c2)c(Cl)c1. The number of halogens is 7. The first-order valence-corrected chi connectivity index (χ1v) is 6.89. The van der Waals surface area contributed by atoms with Crippen LogP contribution in [0.2, 0.25) is 20.1 Å². The third kappa shape index (κ3) is 4.10. The summed E-state index contributed by atoms with van der Waals surface area (Å²) < 4.78 is 40.2. The van der Waals surface area contributed by atoms with Gasteiger partial charge in [-0.25, -0.2) is 0 Å². The second kappa shape index (κ2) is 6.13. The molecule has 0 fully saturated rings. The Labute approximate surface area is 138 Å². The molecular formula is C13H5Cl4F3O. The van der Waals surface area contributed by atoms with E-state index in [1.54, 1.807) is 0 Å². The highest BCUT2D eigenvalue weighted by molar-refractivity contribution is 6.48. The molecule has 21 heavy (non-hydrogen) atoms. The van der Waals surface area contributed by atoms with Crippen molar-refractivity contribution >= 4 is 46.4 Å². The minimum absolute atomic E-state index is 0.0613. The van der Waals surface area contributed by atoms with Crippen LogP contribution in [0.5, 0.6) is 5.75 Å². The predicted octanol–water partition coefficient (Wildman–Crippen LogP) is 6.87. The molecule has 0 radical (unpaired) electrons. The first kappa shape index (κ1) is 16.6. The Morgan fingerprint density at radius 3 is 1.86 bits per heavy atom. The topological polar surface area (TPSA) is 9.23 Å². The first-order valence-electron chi connectivity index (χ1n) is 5.37. The van der Waals surface area contributed by atoms with Gasteiger partial charge in [-0.3, -0.25) is 0 Å². The molecule has 0 aromatic heterocycles. The molecule has 2 aromatic carbocycles. The fourth-order valence-corrected chi connectivity index (χ4v) is 2.51. The third-order valence-corrected chi connectivity index (χ3v) is 3.98. The Hall–Kier alpha value is -0.810. The Bertz CT molecular complexity index is 663. The van der Waals surface area contributed by atoms with Gasteiger partial charge in [-0.15, -0.1) is 13.2 Å². The average Bonchev–Trinajstić information content (AvgIpc) is 2.33. The van der Waals surface area contributed by atoms with E-state index >= 15 is 0 Å². The third-order valence-electron chi connectivity index (χ3n) is 2.47. The van der Waals surface area contributed by atoms with Crippen LogP contribution in [0.3, 0.4) is 0 Å². The summed E-state index contributed by atoms with van der Waals surface area (Å²) >= 11 is 23.6. The van der Waals surface area contributed by atoms with Gasteiger partial charge in [0.05, 0.1) is 20.1 Å². The summed E-state index contributed by atoms with van der Waals surface area (Å²) in [4.78, 5) is 0. The summed E-state index contributed by atoms with van der Waals surface area (Å²) in [5.74, 6) is -0.414. The van der Waals surface area contributed by atoms with E-state index in [2.05, 4.69) is 4.74 Å². The van der Waals surface area contributed by atoms with Gasteiger partial charge in [-0.05, 0) is 35.9 Å². The lowest BCUT2D eigenvalue weighted by Gasteiger charge is -2.12. The van der Waals surface area contributed by atoms with E-state index in [-0.39, 0.29) is 20.1 Å². The molecule has 0 aliphatic heterocycles. The van der Waals surface area contributed by atoms with Crippen LogP contribution in [0, 0.1) is 0 Å². The fourth-order valence-electron chi connectivity index (χ4n) is 1.64. The van der Waals surface area contributed by atoms with Crippen molar-refractivity contribution in [2.24, 2.45) is 0 Å². The maximum absolute atomic E-state index is 12.1. The van der Waals surface area contributed by atoms with Crippen LogP contribution < -0.4 is 4.74 Å². The molecular weight excluding hydrogens is 371 g/mol. The van der Waals surface area contributed by atoms with Crippen molar-refractivity contribution in [3.05, 3.63) is 50.4 Å². The molecule has 0 unspecified atom stereocenters. The van der Waals surface area contributed by atoms with Gasteiger partial charge < -0.3 is 4.74 Å². The van der Waals surface area contributed by atoms with Crippen LogP contribution in [0.15, 0.2) is 30.3 Å². The molecule has 1 nitrogen and oxygen atoms in total. The van der Waals surface area contributed by atoms with Crippen molar-refractivity contribution in [3.8, 4) is 16.9 Å². The Morgan fingerprint density at radius 2 is 1.38 bits per heavy atom. The van der Waals surface area contributed by atoms with Gasteiger partial charge in [-0.2, -0.15) is 0 Å². The number of rotatable bonds is 2. The number of hydrogen-bond acceptors (Lipinski definition) is 1. The fraction of sp³-hybridized carbons (Fsp3) is 0.0769. The Morgan fingerprint density at radius 1 is 0.810 bits per heavy atom. The van der Waals surface area contributed by atoms with Gasteiger partial charge in [0.15, 0.2) is 0 Å². The van der Waals surface area contributed by atoms with Gasteiger partial charge in [0.1, 0.15) is 5.75 Å². The lowest BCUT2D eigenvalue weighted by atomic mass is 10.1. The van der Waals surface area contributed by atoms with Crippen molar-refractivity contribution in [3.63, 3.8) is 0 Å². The molecule has 0 bridgehead atoms. The standard InChI is InChI=1S/C13H5Cl4F3O/c14-9-5-7(21-13(18,19)20)1-2-8(9)6-3-10(15)12(17)11(16)4-6/h1-5H. The lowest BCUT2D eigenvalue weighted by molar-refractivity contribution is -0.274. The molecule has 0 aliphatic rings. The zero-order chi connectivity index (χ0) is 15.8. The monoisotopic (exact) mass is 374 g/mol. The first-order chi connectivity index (χ1) is 9.67.